The SMILES string of the molecule is COC(C)(C)CNC(=O)C1CCCN(C2CCN(Cc3ccncc3)CC2)C1. The number of nitrogens with zero attached hydrogens (tertiary/aromatic N) is 3. The zero-order valence-electron chi connectivity index (χ0n) is 17.7. The highest BCUT2D eigenvalue weighted by Gasteiger charge is 2.32. The first-order chi connectivity index (χ1) is 13.5. The average molecular weight is 389 g/mol. The number of methoxy groups -OCH3 is 1. The molecule has 2 aliphatic rings. The molecule has 1 amide bonds. The number of hydrogen-bond acceptors (Lipinski definition) is 5. The van der Waals surface area contributed by atoms with Crippen LogP contribution in [0.3, 0.4) is 0 Å². The van der Waals surface area contributed by atoms with Crippen molar-refractivity contribution in [3.8, 4) is 0 Å². The quantitative estimate of drug-likeness (QED) is 0.777. The first-order valence-corrected chi connectivity index (χ1v) is 10.6. The molecule has 0 saturated carbocycles. The number of ether oxygens (including phenoxy) is 1. The number of nitrogens with one attached hydrogen (secondary N) is 1. The van der Waals surface area contributed by atoms with E-state index in [1.54, 1.807) is 7.11 Å². The number of likely N-dealkylation sites (tertiary alicyclic amines) is 2. The lowest BCUT2D eigenvalue weighted by molar-refractivity contribution is -0.128. The molecule has 1 aromatic rings. The molecule has 0 aliphatic carbocycles. The summed E-state index contributed by atoms with van der Waals surface area (Å²) in [6.45, 7) is 9.85. The summed E-state index contributed by atoms with van der Waals surface area (Å²) in [5.74, 6) is 0.293. The zero-order valence-corrected chi connectivity index (χ0v) is 17.7. The molecule has 156 valence electrons. The Morgan fingerprint density at radius 3 is 2.61 bits per heavy atom. The van der Waals surface area contributed by atoms with E-state index in [9.17, 15) is 4.79 Å². The Kier molecular flexibility index (Phi) is 7.43. The topological polar surface area (TPSA) is 57.7 Å². The molecule has 1 unspecified atom stereocenters. The Morgan fingerprint density at radius 1 is 1.21 bits per heavy atom. The number of rotatable bonds is 7. The van der Waals surface area contributed by atoms with Gasteiger partial charge in [0.05, 0.1) is 11.5 Å². The molecule has 28 heavy (non-hydrogen) atoms. The maximum absolute atomic E-state index is 12.6. The summed E-state index contributed by atoms with van der Waals surface area (Å²) >= 11 is 0. The fourth-order valence-electron chi connectivity index (χ4n) is 4.26. The summed E-state index contributed by atoms with van der Waals surface area (Å²) in [7, 11) is 1.69. The van der Waals surface area contributed by atoms with E-state index in [-0.39, 0.29) is 17.4 Å². The lowest BCUT2D eigenvalue weighted by Crippen LogP contribution is -2.51. The Hall–Kier alpha value is -1.50. The third kappa shape index (κ3) is 6.00. The Morgan fingerprint density at radius 2 is 1.93 bits per heavy atom. The van der Waals surface area contributed by atoms with Crippen LogP contribution in [0, 0.1) is 5.92 Å². The summed E-state index contributed by atoms with van der Waals surface area (Å²) in [6, 6.07) is 4.81. The van der Waals surface area contributed by atoms with Gasteiger partial charge in [-0.05, 0) is 76.9 Å². The van der Waals surface area contributed by atoms with E-state index < -0.39 is 0 Å². The summed E-state index contributed by atoms with van der Waals surface area (Å²) in [6.07, 6.45) is 8.23. The van der Waals surface area contributed by atoms with Gasteiger partial charge in [0.15, 0.2) is 0 Å². The van der Waals surface area contributed by atoms with E-state index in [4.69, 9.17) is 4.74 Å². The van der Waals surface area contributed by atoms with Gasteiger partial charge in [0, 0.05) is 45.2 Å². The van der Waals surface area contributed by atoms with Crippen molar-refractivity contribution in [1.29, 1.82) is 0 Å². The third-order valence-electron chi connectivity index (χ3n) is 6.29. The minimum absolute atomic E-state index is 0.108. The van der Waals surface area contributed by atoms with Crippen molar-refractivity contribution in [2.75, 3.05) is 39.8 Å². The molecular formula is C22H36N4O2. The Labute approximate surface area is 169 Å². The molecular weight excluding hydrogens is 352 g/mol. The molecule has 6 heteroatoms. The van der Waals surface area contributed by atoms with Gasteiger partial charge in [0.1, 0.15) is 0 Å². The number of hydrogen-bond donors (Lipinski definition) is 1. The van der Waals surface area contributed by atoms with E-state index in [0.29, 0.717) is 12.6 Å². The highest BCUT2D eigenvalue weighted by atomic mass is 16.5. The van der Waals surface area contributed by atoms with Crippen LogP contribution in [0.5, 0.6) is 0 Å². The van der Waals surface area contributed by atoms with Gasteiger partial charge < -0.3 is 10.1 Å². The molecule has 6 nitrogen and oxygen atoms in total. The van der Waals surface area contributed by atoms with Crippen LogP contribution in [0.25, 0.3) is 0 Å². The molecule has 0 radical (unpaired) electrons. The minimum atomic E-state index is -0.314. The van der Waals surface area contributed by atoms with Crippen molar-refractivity contribution in [3.63, 3.8) is 0 Å². The van der Waals surface area contributed by atoms with Crippen LogP contribution in [0.15, 0.2) is 24.5 Å². The number of carbonyl (C=O) groups excluding carboxylic acids is 1. The van der Waals surface area contributed by atoms with Crippen molar-refractivity contribution >= 4 is 5.91 Å². The van der Waals surface area contributed by atoms with Crippen LogP contribution in [-0.2, 0) is 16.1 Å². The van der Waals surface area contributed by atoms with Crippen molar-refractivity contribution in [3.05, 3.63) is 30.1 Å². The number of piperidine rings is 2. The number of carbonyl (C=O) groups is 1. The summed E-state index contributed by atoms with van der Waals surface area (Å²) in [5, 5.41) is 3.10. The maximum Gasteiger partial charge on any atom is 0.224 e. The number of pyridine rings is 1. The van der Waals surface area contributed by atoms with Crippen LogP contribution >= 0.6 is 0 Å². The highest BCUT2D eigenvalue weighted by molar-refractivity contribution is 5.79. The van der Waals surface area contributed by atoms with Gasteiger partial charge in [-0.25, -0.2) is 0 Å². The molecule has 3 rings (SSSR count). The molecule has 0 aromatic carbocycles. The second kappa shape index (κ2) is 9.81. The molecule has 1 N–H and O–H groups in total. The summed E-state index contributed by atoms with van der Waals surface area (Å²) in [4.78, 5) is 21.8. The smallest absolute Gasteiger partial charge is 0.224 e. The van der Waals surface area contributed by atoms with E-state index in [1.807, 2.05) is 26.2 Å². The van der Waals surface area contributed by atoms with E-state index in [2.05, 4.69) is 32.2 Å². The lowest BCUT2D eigenvalue weighted by atomic mass is 9.93. The highest BCUT2D eigenvalue weighted by Crippen LogP contribution is 2.25. The monoisotopic (exact) mass is 388 g/mol. The normalized spacial score (nSPS) is 22.9. The van der Waals surface area contributed by atoms with Crippen LogP contribution in [0.1, 0.15) is 45.1 Å². The Balaban J connectivity index is 1.44. The first kappa shape index (κ1) is 21.2. The molecule has 3 heterocycles. The molecule has 2 aliphatic heterocycles. The predicted molar refractivity (Wildman–Crippen MR) is 111 cm³/mol. The first-order valence-electron chi connectivity index (χ1n) is 10.6. The molecule has 0 spiro atoms. The molecule has 0 bridgehead atoms. The third-order valence-corrected chi connectivity index (χ3v) is 6.29. The second-order valence-corrected chi connectivity index (χ2v) is 8.88. The van der Waals surface area contributed by atoms with Gasteiger partial charge in [-0.15, -0.1) is 0 Å². The van der Waals surface area contributed by atoms with E-state index >= 15 is 0 Å². The maximum atomic E-state index is 12.6. The van der Waals surface area contributed by atoms with E-state index in [0.717, 1.165) is 45.6 Å². The predicted octanol–water partition coefficient (Wildman–Crippen LogP) is 2.30. The Bertz CT molecular complexity index is 614. The fraction of sp³-hybridized carbons (Fsp3) is 0.727. The standard InChI is InChI=1S/C22H36N4O2/c1-22(2,28-3)17-24-21(27)19-5-4-12-26(16-19)20-8-13-25(14-9-20)15-18-6-10-23-11-7-18/h6-7,10-11,19-20H,4-5,8-9,12-17H2,1-3H3,(H,24,27). The van der Waals surface area contributed by atoms with Gasteiger partial charge in [-0.3, -0.25) is 19.6 Å². The largest absolute Gasteiger partial charge is 0.377 e. The minimum Gasteiger partial charge on any atom is -0.377 e. The molecule has 1 atom stereocenters. The van der Waals surface area contributed by atoms with Crippen molar-refractivity contribution in [2.24, 2.45) is 5.92 Å². The average Bonchev–Trinajstić information content (AvgIpc) is 2.73. The fourth-order valence-corrected chi connectivity index (χ4v) is 4.26. The van der Waals surface area contributed by atoms with Gasteiger partial charge in [-0.1, -0.05) is 0 Å². The van der Waals surface area contributed by atoms with Gasteiger partial charge in [0.25, 0.3) is 0 Å². The van der Waals surface area contributed by atoms with Gasteiger partial charge in [-0.2, -0.15) is 0 Å². The molecule has 1 aromatic heterocycles. The second-order valence-electron chi connectivity index (χ2n) is 8.88. The van der Waals surface area contributed by atoms with Crippen molar-refractivity contribution < 1.29 is 9.53 Å². The van der Waals surface area contributed by atoms with Gasteiger partial charge >= 0.3 is 0 Å². The van der Waals surface area contributed by atoms with Crippen LogP contribution < -0.4 is 5.32 Å². The molecule has 2 fully saturated rings. The van der Waals surface area contributed by atoms with Crippen molar-refractivity contribution in [1.82, 2.24) is 20.1 Å². The number of amides is 1. The van der Waals surface area contributed by atoms with Gasteiger partial charge in [0.2, 0.25) is 5.91 Å². The summed E-state index contributed by atoms with van der Waals surface area (Å²) in [5.41, 5.74) is 1.02. The molecule has 2 saturated heterocycles. The van der Waals surface area contributed by atoms with Crippen molar-refractivity contribution in [2.45, 2.75) is 57.7 Å². The van der Waals surface area contributed by atoms with Crippen LogP contribution in [0.2, 0.25) is 0 Å². The van der Waals surface area contributed by atoms with Crippen LogP contribution in [-0.4, -0.2) is 72.2 Å². The number of aromatic nitrogens is 1. The summed E-state index contributed by atoms with van der Waals surface area (Å²) < 4.78 is 5.41. The lowest BCUT2D eigenvalue weighted by Gasteiger charge is -2.42. The van der Waals surface area contributed by atoms with Crippen LogP contribution in [0.4, 0.5) is 0 Å². The van der Waals surface area contributed by atoms with E-state index in [1.165, 1.54) is 18.4 Å². The zero-order chi connectivity index (χ0) is 20.0.